The first kappa shape index (κ1) is 14.8. The molecule has 0 aromatic heterocycles. The molecule has 2 heterocycles. The highest BCUT2D eigenvalue weighted by Gasteiger charge is 2.40. The number of likely N-dealkylation sites (tertiary alicyclic amines) is 1. The van der Waals surface area contributed by atoms with Crippen LogP contribution in [0.2, 0.25) is 0 Å². The summed E-state index contributed by atoms with van der Waals surface area (Å²) in [7, 11) is 0. The predicted octanol–water partition coefficient (Wildman–Crippen LogP) is 2.80. The first-order valence-corrected chi connectivity index (χ1v) is 7.90. The quantitative estimate of drug-likeness (QED) is 0.833. The summed E-state index contributed by atoms with van der Waals surface area (Å²) < 4.78 is 0. The van der Waals surface area contributed by atoms with E-state index < -0.39 is 0 Å². The van der Waals surface area contributed by atoms with Crippen LogP contribution in [0.3, 0.4) is 0 Å². The number of carbonyl (C=O) groups excluding carboxylic acids is 1. The molecule has 2 aliphatic rings. The van der Waals surface area contributed by atoms with E-state index >= 15 is 0 Å². The van der Waals surface area contributed by atoms with E-state index in [2.05, 4.69) is 37.9 Å². The highest BCUT2D eigenvalue weighted by molar-refractivity contribution is 5.83. The third-order valence-electron chi connectivity index (χ3n) is 5.51. The first-order chi connectivity index (χ1) is 8.88. The van der Waals surface area contributed by atoms with Gasteiger partial charge in [-0.05, 0) is 43.1 Å². The summed E-state index contributed by atoms with van der Waals surface area (Å²) in [4.78, 5) is 14.8. The van der Waals surface area contributed by atoms with Crippen molar-refractivity contribution in [3.05, 3.63) is 0 Å². The SMILES string of the molecule is CCC1(C)CCN(C(=O)C2NCCCC2(C)C)CC1. The first-order valence-electron chi connectivity index (χ1n) is 7.90. The van der Waals surface area contributed by atoms with Crippen LogP contribution in [0.4, 0.5) is 0 Å². The third-order valence-corrected chi connectivity index (χ3v) is 5.51. The summed E-state index contributed by atoms with van der Waals surface area (Å²) in [6, 6.07) is 0.0206. The van der Waals surface area contributed by atoms with E-state index in [0.29, 0.717) is 11.3 Å². The molecule has 0 aromatic rings. The van der Waals surface area contributed by atoms with Crippen molar-refractivity contribution in [3.8, 4) is 0 Å². The molecule has 1 unspecified atom stereocenters. The van der Waals surface area contributed by atoms with Gasteiger partial charge in [-0.15, -0.1) is 0 Å². The number of hydrogen-bond donors (Lipinski definition) is 1. The topological polar surface area (TPSA) is 32.3 Å². The molecule has 0 aromatic carbocycles. The summed E-state index contributed by atoms with van der Waals surface area (Å²) in [6.07, 6.45) is 5.87. The molecule has 3 heteroatoms. The van der Waals surface area contributed by atoms with Gasteiger partial charge in [-0.2, -0.15) is 0 Å². The molecule has 0 bridgehead atoms. The number of nitrogens with zero attached hydrogens (tertiary/aromatic N) is 1. The maximum atomic E-state index is 12.7. The Morgan fingerprint density at radius 1 is 1.21 bits per heavy atom. The van der Waals surface area contributed by atoms with E-state index in [1.54, 1.807) is 0 Å². The summed E-state index contributed by atoms with van der Waals surface area (Å²) >= 11 is 0. The van der Waals surface area contributed by atoms with Crippen molar-refractivity contribution >= 4 is 5.91 Å². The maximum Gasteiger partial charge on any atom is 0.240 e. The Kier molecular flexibility index (Phi) is 4.24. The monoisotopic (exact) mass is 266 g/mol. The van der Waals surface area contributed by atoms with E-state index in [4.69, 9.17) is 0 Å². The van der Waals surface area contributed by atoms with Gasteiger partial charge in [0, 0.05) is 13.1 Å². The molecular weight excluding hydrogens is 236 g/mol. The predicted molar refractivity (Wildman–Crippen MR) is 79.0 cm³/mol. The Morgan fingerprint density at radius 2 is 1.84 bits per heavy atom. The number of rotatable bonds is 2. The fourth-order valence-electron chi connectivity index (χ4n) is 3.44. The lowest BCUT2D eigenvalue weighted by atomic mass is 9.75. The molecule has 1 atom stereocenters. The number of nitrogens with one attached hydrogen (secondary N) is 1. The molecule has 2 fully saturated rings. The molecule has 0 spiro atoms. The summed E-state index contributed by atoms with van der Waals surface area (Å²) in [6.45, 7) is 11.9. The van der Waals surface area contributed by atoms with Crippen LogP contribution in [-0.2, 0) is 4.79 Å². The average Bonchev–Trinajstić information content (AvgIpc) is 2.38. The number of hydrogen-bond acceptors (Lipinski definition) is 2. The van der Waals surface area contributed by atoms with Crippen LogP contribution in [0.25, 0.3) is 0 Å². The fourth-order valence-corrected chi connectivity index (χ4v) is 3.44. The van der Waals surface area contributed by atoms with Gasteiger partial charge in [0.05, 0.1) is 6.04 Å². The maximum absolute atomic E-state index is 12.7. The molecule has 2 aliphatic heterocycles. The molecule has 0 saturated carbocycles. The summed E-state index contributed by atoms with van der Waals surface area (Å²) in [5, 5.41) is 3.45. The van der Waals surface area contributed by atoms with Gasteiger partial charge in [-0.3, -0.25) is 4.79 Å². The Balaban J connectivity index is 1.97. The fraction of sp³-hybridized carbons (Fsp3) is 0.938. The minimum atomic E-state index is 0.0206. The summed E-state index contributed by atoms with van der Waals surface area (Å²) in [5.74, 6) is 0.336. The van der Waals surface area contributed by atoms with Crippen LogP contribution in [0.1, 0.15) is 59.8 Å². The van der Waals surface area contributed by atoms with Crippen LogP contribution in [0.5, 0.6) is 0 Å². The average molecular weight is 266 g/mol. The van der Waals surface area contributed by atoms with Gasteiger partial charge in [0.15, 0.2) is 0 Å². The second kappa shape index (κ2) is 5.43. The lowest BCUT2D eigenvalue weighted by Crippen LogP contribution is -2.58. The van der Waals surface area contributed by atoms with Crippen molar-refractivity contribution in [3.63, 3.8) is 0 Å². The lowest BCUT2D eigenvalue weighted by Gasteiger charge is -2.44. The molecule has 110 valence electrons. The minimum Gasteiger partial charge on any atom is -0.341 e. The molecule has 2 rings (SSSR count). The van der Waals surface area contributed by atoms with Crippen LogP contribution >= 0.6 is 0 Å². The second-order valence-electron chi connectivity index (χ2n) is 7.47. The molecule has 1 N–H and O–H groups in total. The van der Waals surface area contributed by atoms with Crippen molar-refractivity contribution in [2.75, 3.05) is 19.6 Å². The van der Waals surface area contributed by atoms with Gasteiger partial charge in [0.1, 0.15) is 0 Å². The molecule has 2 saturated heterocycles. The van der Waals surface area contributed by atoms with Crippen molar-refractivity contribution in [2.24, 2.45) is 10.8 Å². The summed E-state index contributed by atoms with van der Waals surface area (Å²) in [5.41, 5.74) is 0.549. The smallest absolute Gasteiger partial charge is 0.240 e. The Hall–Kier alpha value is -0.570. The van der Waals surface area contributed by atoms with E-state index in [1.807, 2.05) is 0 Å². The third kappa shape index (κ3) is 3.13. The van der Waals surface area contributed by atoms with Crippen LogP contribution < -0.4 is 5.32 Å². The van der Waals surface area contributed by atoms with Gasteiger partial charge < -0.3 is 10.2 Å². The standard InChI is InChI=1S/C16H30N2O/c1-5-16(4)8-11-18(12-9-16)14(19)13-15(2,3)7-6-10-17-13/h13,17H,5-12H2,1-4H3. The van der Waals surface area contributed by atoms with Gasteiger partial charge in [-0.25, -0.2) is 0 Å². The van der Waals surface area contributed by atoms with E-state index in [0.717, 1.165) is 38.9 Å². The van der Waals surface area contributed by atoms with Crippen LogP contribution in [0.15, 0.2) is 0 Å². The zero-order valence-corrected chi connectivity index (χ0v) is 13.1. The van der Waals surface area contributed by atoms with Crippen LogP contribution in [-0.4, -0.2) is 36.5 Å². The van der Waals surface area contributed by atoms with E-state index in [1.165, 1.54) is 12.8 Å². The minimum absolute atomic E-state index is 0.0206. The molecule has 1 amide bonds. The highest BCUT2D eigenvalue weighted by atomic mass is 16.2. The Bertz CT molecular complexity index is 330. The largest absolute Gasteiger partial charge is 0.341 e. The van der Waals surface area contributed by atoms with Crippen molar-refractivity contribution in [1.82, 2.24) is 10.2 Å². The Labute approximate surface area is 118 Å². The molecule has 19 heavy (non-hydrogen) atoms. The molecular formula is C16H30N2O. The number of piperidine rings is 2. The lowest BCUT2D eigenvalue weighted by molar-refractivity contribution is -0.139. The number of amides is 1. The highest BCUT2D eigenvalue weighted by Crippen LogP contribution is 2.36. The zero-order chi connectivity index (χ0) is 14.1. The molecule has 0 radical (unpaired) electrons. The van der Waals surface area contributed by atoms with Gasteiger partial charge in [0.25, 0.3) is 0 Å². The van der Waals surface area contributed by atoms with Gasteiger partial charge in [0.2, 0.25) is 5.91 Å². The van der Waals surface area contributed by atoms with Crippen LogP contribution in [0, 0.1) is 10.8 Å². The number of carbonyl (C=O) groups is 1. The van der Waals surface area contributed by atoms with Crippen molar-refractivity contribution < 1.29 is 4.79 Å². The zero-order valence-electron chi connectivity index (χ0n) is 13.1. The molecule has 3 nitrogen and oxygen atoms in total. The van der Waals surface area contributed by atoms with Crippen molar-refractivity contribution in [1.29, 1.82) is 0 Å². The van der Waals surface area contributed by atoms with Gasteiger partial charge >= 0.3 is 0 Å². The normalized spacial score (nSPS) is 30.1. The van der Waals surface area contributed by atoms with E-state index in [9.17, 15) is 4.79 Å². The Morgan fingerprint density at radius 3 is 2.37 bits per heavy atom. The van der Waals surface area contributed by atoms with Crippen molar-refractivity contribution in [2.45, 2.75) is 65.8 Å². The molecule has 0 aliphatic carbocycles. The second-order valence-corrected chi connectivity index (χ2v) is 7.47. The van der Waals surface area contributed by atoms with E-state index in [-0.39, 0.29) is 11.5 Å². The van der Waals surface area contributed by atoms with Gasteiger partial charge in [-0.1, -0.05) is 34.1 Å².